The third-order valence-electron chi connectivity index (χ3n) is 5.00. The Morgan fingerprint density at radius 2 is 1.96 bits per heavy atom. The number of nitrogens with one attached hydrogen (secondary N) is 1. The molecule has 2 fully saturated rings. The Labute approximate surface area is 179 Å². The van der Waals surface area contributed by atoms with Crippen LogP contribution in [0.5, 0.6) is 0 Å². The first-order chi connectivity index (χ1) is 13.5. The fourth-order valence-electron chi connectivity index (χ4n) is 3.50. The third-order valence-corrected chi connectivity index (χ3v) is 9.54. The summed E-state index contributed by atoms with van der Waals surface area (Å²) in [7, 11) is -3.84. The van der Waals surface area contributed by atoms with Crippen LogP contribution < -0.4 is 5.43 Å². The summed E-state index contributed by atoms with van der Waals surface area (Å²) in [5.74, 6) is 0.472. The highest BCUT2D eigenvalue weighted by Gasteiger charge is 2.43. The van der Waals surface area contributed by atoms with Crippen molar-refractivity contribution in [1.82, 2.24) is 19.6 Å². The molecular weight excluding hydrogens is 436 g/mol. The van der Waals surface area contributed by atoms with E-state index in [1.54, 1.807) is 35.0 Å². The molecule has 152 valence electrons. The van der Waals surface area contributed by atoms with Crippen molar-refractivity contribution in [3.05, 3.63) is 29.8 Å². The highest BCUT2D eigenvalue weighted by molar-refractivity contribution is 8.30. The van der Waals surface area contributed by atoms with E-state index in [4.69, 9.17) is 12.2 Å². The van der Waals surface area contributed by atoms with Gasteiger partial charge in [0, 0.05) is 12.3 Å². The monoisotopic (exact) mass is 458 g/mol. The summed E-state index contributed by atoms with van der Waals surface area (Å²) >= 11 is 8.64. The molecule has 1 atom stereocenters. The number of sulfonamides is 1. The van der Waals surface area contributed by atoms with Gasteiger partial charge in [0.05, 0.1) is 5.56 Å². The van der Waals surface area contributed by atoms with E-state index in [0.717, 1.165) is 16.6 Å². The maximum Gasteiger partial charge on any atom is 0.270 e. The molecule has 1 aromatic rings. The predicted molar refractivity (Wildman–Crippen MR) is 116 cm³/mol. The second-order valence-corrected chi connectivity index (χ2v) is 11.9. The number of hydrogen-bond donors (Lipinski definition) is 1. The van der Waals surface area contributed by atoms with Crippen LogP contribution >= 0.6 is 35.7 Å². The highest BCUT2D eigenvalue weighted by Crippen LogP contribution is 2.33. The van der Waals surface area contributed by atoms with Crippen molar-refractivity contribution in [2.24, 2.45) is 0 Å². The Morgan fingerprint density at radius 3 is 2.71 bits per heavy atom. The van der Waals surface area contributed by atoms with Gasteiger partial charge in [-0.3, -0.25) is 9.80 Å². The average Bonchev–Trinajstić information content (AvgIpc) is 3.13. The Balaban J connectivity index is 1.33. The normalized spacial score (nSPS) is 24.8. The number of amides is 1. The maximum atomic E-state index is 12.7. The second-order valence-electron chi connectivity index (χ2n) is 6.84. The van der Waals surface area contributed by atoms with Crippen molar-refractivity contribution >= 4 is 56.0 Å². The van der Waals surface area contributed by atoms with Gasteiger partial charge in [0.25, 0.3) is 15.9 Å². The van der Waals surface area contributed by atoms with Crippen molar-refractivity contribution in [3.63, 3.8) is 0 Å². The van der Waals surface area contributed by atoms with Crippen LogP contribution in [0.2, 0.25) is 0 Å². The van der Waals surface area contributed by atoms with Crippen molar-refractivity contribution in [2.45, 2.75) is 28.9 Å². The summed E-state index contributed by atoms with van der Waals surface area (Å²) in [5, 5.41) is 1.58. The summed E-state index contributed by atoms with van der Waals surface area (Å²) < 4.78 is 26.9. The highest BCUT2D eigenvalue weighted by atomic mass is 32.2. The third kappa shape index (κ3) is 4.05. The SMILES string of the molecule is O=C1c2ccccc2S(=O)(=O)N1CN1NC(SCCN2CCCCC2)SC1=S. The Bertz CT molecular complexity index is 873. The molecule has 11 heteroatoms. The van der Waals surface area contributed by atoms with Gasteiger partial charge in [-0.15, -0.1) is 11.8 Å². The second kappa shape index (κ2) is 8.49. The number of piperidine rings is 1. The van der Waals surface area contributed by atoms with Crippen LogP contribution in [0.4, 0.5) is 0 Å². The van der Waals surface area contributed by atoms with Crippen LogP contribution in [0.1, 0.15) is 29.6 Å². The Hall–Kier alpha value is -0.850. The summed E-state index contributed by atoms with van der Waals surface area (Å²) in [6.07, 6.45) is 3.88. The molecule has 0 aliphatic carbocycles. The zero-order chi connectivity index (χ0) is 19.7. The zero-order valence-electron chi connectivity index (χ0n) is 15.2. The molecule has 1 N–H and O–H groups in total. The zero-order valence-corrected chi connectivity index (χ0v) is 18.5. The minimum atomic E-state index is -3.84. The fraction of sp³-hybridized carbons (Fsp3) is 0.529. The van der Waals surface area contributed by atoms with Crippen molar-refractivity contribution in [1.29, 1.82) is 0 Å². The van der Waals surface area contributed by atoms with Gasteiger partial charge < -0.3 is 4.90 Å². The van der Waals surface area contributed by atoms with E-state index >= 15 is 0 Å². The first-order valence-corrected chi connectivity index (χ1v) is 13.0. The number of benzene rings is 1. The lowest BCUT2D eigenvalue weighted by atomic mass is 10.1. The van der Waals surface area contributed by atoms with Gasteiger partial charge in [0.15, 0.2) is 4.32 Å². The molecule has 0 bridgehead atoms. The molecule has 3 aliphatic rings. The summed E-state index contributed by atoms with van der Waals surface area (Å²) in [6.45, 7) is 3.27. The average molecular weight is 459 g/mol. The number of carbonyl (C=O) groups excluding carboxylic acids is 1. The summed E-state index contributed by atoms with van der Waals surface area (Å²) in [5.41, 5.74) is 3.45. The molecule has 3 aliphatic heterocycles. The first-order valence-electron chi connectivity index (χ1n) is 9.21. The van der Waals surface area contributed by atoms with Gasteiger partial charge in [-0.05, 0) is 38.1 Å². The minimum absolute atomic E-state index is 0.0278. The Morgan fingerprint density at radius 1 is 1.21 bits per heavy atom. The van der Waals surface area contributed by atoms with Gasteiger partial charge in [0.2, 0.25) is 0 Å². The number of hydrazine groups is 1. The van der Waals surface area contributed by atoms with Crippen LogP contribution in [0.25, 0.3) is 0 Å². The lowest BCUT2D eigenvalue weighted by Crippen LogP contribution is -2.46. The molecule has 2 saturated heterocycles. The fourth-order valence-corrected chi connectivity index (χ4v) is 7.80. The van der Waals surface area contributed by atoms with Crippen LogP contribution in [0.3, 0.4) is 0 Å². The van der Waals surface area contributed by atoms with Gasteiger partial charge in [-0.1, -0.05) is 42.5 Å². The number of carbonyl (C=O) groups is 1. The molecule has 1 unspecified atom stereocenters. The molecule has 4 rings (SSSR count). The molecule has 0 radical (unpaired) electrons. The number of thioether (sulfide) groups is 2. The Kier molecular flexibility index (Phi) is 6.19. The lowest BCUT2D eigenvalue weighted by molar-refractivity contribution is 0.0824. The molecule has 7 nitrogen and oxygen atoms in total. The summed E-state index contributed by atoms with van der Waals surface area (Å²) in [6, 6.07) is 6.29. The quantitative estimate of drug-likeness (QED) is 0.645. The number of rotatable bonds is 6. The topological polar surface area (TPSA) is 73.0 Å². The number of thiocarbonyl (C=S) groups is 1. The molecule has 3 heterocycles. The molecule has 1 amide bonds. The standard InChI is InChI=1S/C17H22N4O3S4/c22-15-13-6-2-3-7-14(13)28(23,24)21(15)12-20-17(25)27-16(18-20)26-11-10-19-8-4-1-5-9-19/h2-3,6-7,16,18H,1,4-5,8-12H2. The molecule has 28 heavy (non-hydrogen) atoms. The molecular formula is C17H22N4O3S4. The van der Waals surface area contributed by atoms with E-state index in [1.165, 1.54) is 50.2 Å². The lowest BCUT2D eigenvalue weighted by Gasteiger charge is -2.26. The van der Waals surface area contributed by atoms with E-state index in [0.29, 0.717) is 4.32 Å². The van der Waals surface area contributed by atoms with E-state index in [9.17, 15) is 13.2 Å². The number of hydrogen-bond acceptors (Lipinski definition) is 8. The number of likely N-dealkylation sites (tertiary alicyclic amines) is 1. The van der Waals surface area contributed by atoms with Crippen LogP contribution in [0.15, 0.2) is 29.2 Å². The number of fused-ring (bicyclic) bond motifs is 1. The van der Waals surface area contributed by atoms with Gasteiger partial charge in [-0.2, -0.15) is 0 Å². The van der Waals surface area contributed by atoms with Crippen LogP contribution in [-0.4, -0.2) is 69.6 Å². The van der Waals surface area contributed by atoms with Gasteiger partial charge >= 0.3 is 0 Å². The van der Waals surface area contributed by atoms with E-state index in [2.05, 4.69) is 10.3 Å². The maximum absolute atomic E-state index is 12.7. The van der Waals surface area contributed by atoms with E-state index < -0.39 is 15.9 Å². The van der Waals surface area contributed by atoms with Crippen molar-refractivity contribution < 1.29 is 13.2 Å². The largest absolute Gasteiger partial charge is 0.303 e. The number of nitrogens with zero attached hydrogens (tertiary/aromatic N) is 3. The van der Waals surface area contributed by atoms with Crippen LogP contribution in [-0.2, 0) is 10.0 Å². The van der Waals surface area contributed by atoms with E-state index in [-0.39, 0.29) is 21.8 Å². The summed E-state index contributed by atoms with van der Waals surface area (Å²) in [4.78, 5) is 15.1. The van der Waals surface area contributed by atoms with Crippen molar-refractivity contribution in [3.8, 4) is 0 Å². The minimum Gasteiger partial charge on any atom is -0.303 e. The van der Waals surface area contributed by atoms with Gasteiger partial charge in [0.1, 0.15) is 16.3 Å². The first kappa shape index (κ1) is 20.4. The van der Waals surface area contributed by atoms with Crippen molar-refractivity contribution in [2.75, 3.05) is 32.1 Å². The molecule has 0 saturated carbocycles. The molecule has 0 spiro atoms. The predicted octanol–water partition coefficient (Wildman–Crippen LogP) is 2.13. The smallest absolute Gasteiger partial charge is 0.270 e. The van der Waals surface area contributed by atoms with E-state index in [1.807, 2.05) is 0 Å². The van der Waals surface area contributed by atoms with Gasteiger partial charge in [-0.25, -0.2) is 18.1 Å². The molecule has 0 aromatic heterocycles. The molecule has 1 aromatic carbocycles. The van der Waals surface area contributed by atoms with Crippen LogP contribution in [0, 0.1) is 0 Å².